The number of benzene rings is 1. The maximum absolute atomic E-state index is 13.1. The quantitative estimate of drug-likeness (QED) is 0.671. The first-order valence-corrected chi connectivity index (χ1v) is 11.0. The summed E-state index contributed by atoms with van der Waals surface area (Å²) in [6.07, 6.45) is 3.44. The van der Waals surface area contributed by atoms with Crippen LogP contribution in [-0.4, -0.2) is 39.4 Å². The van der Waals surface area contributed by atoms with Gasteiger partial charge in [-0.1, -0.05) is 6.92 Å². The number of aryl methyl sites for hydroxylation is 1. The SMILES string of the molecule is Cc1c(C(=O)Nc2ccc(F)cc2)sc2ncn(CC(=O)N3CCC[C@H](C)C3)c(=O)c12. The second-order valence-corrected chi connectivity index (χ2v) is 8.96. The maximum Gasteiger partial charge on any atom is 0.266 e. The van der Waals surface area contributed by atoms with E-state index in [-0.39, 0.29) is 18.0 Å². The van der Waals surface area contributed by atoms with Gasteiger partial charge in [-0.2, -0.15) is 0 Å². The summed E-state index contributed by atoms with van der Waals surface area (Å²) in [6, 6.07) is 5.45. The number of amides is 2. The normalized spacial score (nSPS) is 16.5. The molecule has 1 N–H and O–H groups in total. The number of thiophene rings is 1. The summed E-state index contributed by atoms with van der Waals surface area (Å²) >= 11 is 1.12. The van der Waals surface area contributed by atoms with Gasteiger partial charge >= 0.3 is 0 Å². The van der Waals surface area contributed by atoms with Gasteiger partial charge in [0.2, 0.25) is 5.91 Å². The zero-order valence-corrected chi connectivity index (χ0v) is 18.2. The Hall–Kier alpha value is -3.07. The van der Waals surface area contributed by atoms with E-state index in [1.54, 1.807) is 11.8 Å². The first-order valence-electron chi connectivity index (χ1n) is 10.2. The molecule has 0 unspecified atom stereocenters. The Balaban J connectivity index is 1.58. The van der Waals surface area contributed by atoms with Crippen LogP contribution in [0.4, 0.5) is 10.1 Å². The molecule has 2 amide bonds. The number of nitrogens with one attached hydrogen (secondary N) is 1. The molecule has 2 aromatic heterocycles. The summed E-state index contributed by atoms with van der Waals surface area (Å²) in [5, 5.41) is 3.05. The second kappa shape index (κ2) is 8.58. The van der Waals surface area contributed by atoms with Gasteiger partial charge in [0.05, 0.1) is 16.6 Å². The highest BCUT2D eigenvalue weighted by Crippen LogP contribution is 2.27. The molecule has 1 fully saturated rings. The van der Waals surface area contributed by atoms with Gasteiger partial charge < -0.3 is 10.2 Å². The Kier molecular flexibility index (Phi) is 5.86. The fourth-order valence-electron chi connectivity index (χ4n) is 3.87. The van der Waals surface area contributed by atoms with Crippen molar-refractivity contribution in [2.24, 2.45) is 5.92 Å². The average molecular weight is 443 g/mol. The van der Waals surface area contributed by atoms with Crippen LogP contribution in [0.2, 0.25) is 0 Å². The number of carbonyl (C=O) groups excluding carboxylic acids is 2. The molecule has 0 radical (unpaired) electrons. The molecule has 3 aromatic rings. The predicted molar refractivity (Wildman–Crippen MR) is 118 cm³/mol. The lowest BCUT2D eigenvalue weighted by molar-refractivity contribution is -0.133. The molecule has 1 saturated heterocycles. The smallest absolute Gasteiger partial charge is 0.266 e. The third-order valence-electron chi connectivity index (χ3n) is 5.54. The molecule has 1 aromatic carbocycles. The van der Waals surface area contributed by atoms with Crippen molar-refractivity contribution in [2.45, 2.75) is 33.2 Å². The summed E-state index contributed by atoms with van der Waals surface area (Å²) in [7, 11) is 0. The minimum Gasteiger partial charge on any atom is -0.341 e. The van der Waals surface area contributed by atoms with Gasteiger partial charge in [-0.05, 0) is 55.5 Å². The van der Waals surface area contributed by atoms with Crippen molar-refractivity contribution >= 4 is 39.1 Å². The van der Waals surface area contributed by atoms with E-state index in [1.165, 1.54) is 35.2 Å². The summed E-state index contributed by atoms with van der Waals surface area (Å²) in [4.78, 5) is 45.4. The molecule has 0 spiro atoms. The molecule has 4 rings (SSSR count). The van der Waals surface area contributed by atoms with Crippen LogP contribution in [-0.2, 0) is 11.3 Å². The molecular formula is C22H23FN4O3S. The number of carbonyl (C=O) groups is 2. The predicted octanol–water partition coefficient (Wildman–Crippen LogP) is 3.42. The molecule has 9 heteroatoms. The van der Waals surface area contributed by atoms with Crippen molar-refractivity contribution in [1.82, 2.24) is 14.5 Å². The van der Waals surface area contributed by atoms with Gasteiger partial charge in [0, 0.05) is 18.8 Å². The van der Waals surface area contributed by atoms with Gasteiger partial charge in [-0.3, -0.25) is 19.0 Å². The van der Waals surface area contributed by atoms with Crippen molar-refractivity contribution in [2.75, 3.05) is 18.4 Å². The van der Waals surface area contributed by atoms with Crippen molar-refractivity contribution in [3.05, 3.63) is 57.2 Å². The first kappa shape index (κ1) is 21.2. The molecule has 31 heavy (non-hydrogen) atoms. The molecule has 162 valence electrons. The number of hydrogen-bond donors (Lipinski definition) is 1. The number of aromatic nitrogens is 2. The standard InChI is InChI=1S/C22H23FN4O3S/c1-13-4-3-9-26(10-13)17(28)11-27-12-24-21-18(22(27)30)14(2)19(31-21)20(29)25-16-7-5-15(23)6-8-16/h5-8,12-13H,3-4,9-11H2,1-2H3,(H,25,29)/t13-/m0/s1. The summed E-state index contributed by atoms with van der Waals surface area (Å²) < 4.78 is 14.4. The monoisotopic (exact) mass is 442 g/mol. The Bertz CT molecular complexity index is 1200. The number of likely N-dealkylation sites (tertiary alicyclic amines) is 1. The molecular weight excluding hydrogens is 419 g/mol. The first-order chi connectivity index (χ1) is 14.8. The van der Waals surface area contributed by atoms with E-state index in [0.29, 0.717) is 45.4 Å². The number of halogens is 1. The summed E-state index contributed by atoms with van der Waals surface area (Å²) in [5.41, 5.74) is 0.637. The lowest BCUT2D eigenvalue weighted by Gasteiger charge is -2.31. The Morgan fingerprint density at radius 3 is 2.74 bits per heavy atom. The van der Waals surface area contributed by atoms with E-state index in [0.717, 1.165) is 24.2 Å². The molecule has 0 aliphatic carbocycles. The fraction of sp³-hybridized carbons (Fsp3) is 0.364. The largest absolute Gasteiger partial charge is 0.341 e. The minimum atomic E-state index is -0.394. The van der Waals surface area contributed by atoms with Gasteiger partial charge in [0.15, 0.2) is 0 Å². The molecule has 1 aliphatic rings. The van der Waals surface area contributed by atoms with E-state index >= 15 is 0 Å². The number of fused-ring (bicyclic) bond motifs is 1. The van der Waals surface area contributed by atoms with Gasteiger partial charge in [0.1, 0.15) is 17.2 Å². The van der Waals surface area contributed by atoms with Crippen LogP contribution in [0.25, 0.3) is 10.2 Å². The lowest BCUT2D eigenvalue weighted by Crippen LogP contribution is -2.42. The summed E-state index contributed by atoms with van der Waals surface area (Å²) in [6.45, 7) is 5.15. The molecule has 1 aliphatic heterocycles. The molecule has 7 nitrogen and oxygen atoms in total. The number of hydrogen-bond acceptors (Lipinski definition) is 5. The molecule has 3 heterocycles. The minimum absolute atomic E-state index is 0.0686. The van der Waals surface area contributed by atoms with E-state index < -0.39 is 11.7 Å². The van der Waals surface area contributed by atoms with Gasteiger partial charge in [0.25, 0.3) is 11.5 Å². The van der Waals surface area contributed by atoms with E-state index in [2.05, 4.69) is 17.2 Å². The average Bonchev–Trinajstić information content (AvgIpc) is 3.09. The zero-order valence-electron chi connectivity index (χ0n) is 17.4. The van der Waals surface area contributed by atoms with Crippen molar-refractivity contribution in [1.29, 1.82) is 0 Å². The van der Waals surface area contributed by atoms with Crippen LogP contribution in [0.1, 0.15) is 35.0 Å². The zero-order chi connectivity index (χ0) is 22.1. The van der Waals surface area contributed by atoms with Crippen molar-refractivity contribution in [3.63, 3.8) is 0 Å². The summed E-state index contributed by atoms with van der Waals surface area (Å²) in [5.74, 6) is -0.431. The highest BCUT2D eigenvalue weighted by Gasteiger charge is 2.23. The lowest BCUT2D eigenvalue weighted by atomic mass is 10.0. The number of anilines is 1. The highest BCUT2D eigenvalue weighted by atomic mass is 32.1. The third kappa shape index (κ3) is 4.36. The van der Waals surface area contributed by atoms with Crippen molar-refractivity contribution in [3.8, 4) is 0 Å². The topological polar surface area (TPSA) is 84.3 Å². The number of nitrogens with zero attached hydrogens (tertiary/aromatic N) is 3. The number of rotatable bonds is 4. The maximum atomic E-state index is 13.1. The van der Waals surface area contributed by atoms with Crippen LogP contribution in [0.3, 0.4) is 0 Å². The van der Waals surface area contributed by atoms with Gasteiger partial charge in [-0.15, -0.1) is 11.3 Å². The van der Waals surface area contributed by atoms with Gasteiger partial charge in [-0.25, -0.2) is 9.37 Å². The Labute approximate surface area is 182 Å². The van der Waals surface area contributed by atoms with E-state index in [1.807, 2.05) is 0 Å². The van der Waals surface area contributed by atoms with Crippen molar-refractivity contribution < 1.29 is 14.0 Å². The third-order valence-corrected chi connectivity index (χ3v) is 6.74. The van der Waals surface area contributed by atoms with E-state index in [4.69, 9.17) is 0 Å². The molecule has 0 bridgehead atoms. The fourth-order valence-corrected chi connectivity index (χ4v) is 4.91. The van der Waals surface area contributed by atoms with Crippen LogP contribution >= 0.6 is 11.3 Å². The van der Waals surface area contributed by atoms with Crippen LogP contribution in [0.5, 0.6) is 0 Å². The van der Waals surface area contributed by atoms with Crippen LogP contribution < -0.4 is 10.9 Å². The molecule has 0 saturated carbocycles. The Morgan fingerprint density at radius 2 is 2.03 bits per heavy atom. The van der Waals surface area contributed by atoms with Crippen LogP contribution in [0, 0.1) is 18.7 Å². The second-order valence-electron chi connectivity index (χ2n) is 7.96. The highest BCUT2D eigenvalue weighted by molar-refractivity contribution is 7.20. The number of piperidine rings is 1. The van der Waals surface area contributed by atoms with E-state index in [9.17, 15) is 18.8 Å². The molecule has 1 atom stereocenters. The van der Waals surface area contributed by atoms with Crippen LogP contribution in [0.15, 0.2) is 35.4 Å². The Morgan fingerprint density at radius 1 is 1.29 bits per heavy atom.